The molecule has 11 nitrogen and oxygen atoms in total. The first-order chi connectivity index (χ1) is 24.2. The van der Waals surface area contributed by atoms with Gasteiger partial charge in [-0.1, -0.05) is 0 Å². The second-order valence-electron chi connectivity index (χ2n) is 13.0. The van der Waals surface area contributed by atoms with Gasteiger partial charge in [0, 0.05) is 85.8 Å². The van der Waals surface area contributed by atoms with E-state index in [0.717, 1.165) is 109 Å². The van der Waals surface area contributed by atoms with E-state index in [1.807, 2.05) is 24.3 Å². The fourth-order valence-corrected chi connectivity index (χ4v) is 9.53. The van der Waals surface area contributed by atoms with Gasteiger partial charge in [0.25, 0.3) is 0 Å². The summed E-state index contributed by atoms with van der Waals surface area (Å²) in [4.78, 5) is 26.2. The molecule has 2 N–H and O–H groups in total. The fourth-order valence-electron chi connectivity index (χ4n) is 6.34. The number of likely N-dealkylation sites (tertiary alicyclic amines) is 1. The summed E-state index contributed by atoms with van der Waals surface area (Å²) in [6.45, 7) is 13.4. The Morgan fingerprint density at radius 2 is 1.36 bits per heavy atom. The number of fused-ring (bicyclic) bond motifs is 5. The molecule has 5 aromatic rings. The average molecular weight is 733 g/mol. The van der Waals surface area contributed by atoms with Gasteiger partial charge in [-0.15, -0.1) is 34.0 Å². The maximum absolute atomic E-state index is 10.8. The number of ketones is 1. The second kappa shape index (κ2) is 14.7. The SMILES string of the molecule is CC(C)N1CCC(=O)CC1.CC(C)N1CCc2c(sc(N)c2-c2nc3cc4c(cc3s2)OCO4)C1.N#CCc1nc2cc3c(cc2s1)OCO3. The number of piperidine rings is 1. The van der Waals surface area contributed by atoms with Crippen molar-refractivity contribution < 1.29 is 23.7 Å². The molecule has 0 amide bonds. The smallest absolute Gasteiger partial charge is 0.231 e. The molecule has 9 rings (SSSR count). The van der Waals surface area contributed by atoms with Gasteiger partial charge in [0.15, 0.2) is 23.0 Å². The van der Waals surface area contributed by atoms with E-state index in [1.54, 1.807) is 22.7 Å². The van der Waals surface area contributed by atoms with Crippen molar-refractivity contribution in [3.05, 3.63) is 39.7 Å². The molecule has 2 aromatic carbocycles. The molecule has 0 atom stereocenters. The van der Waals surface area contributed by atoms with Crippen LogP contribution in [0.15, 0.2) is 24.3 Å². The van der Waals surface area contributed by atoms with Gasteiger partial charge in [-0.3, -0.25) is 9.69 Å². The lowest BCUT2D eigenvalue weighted by atomic mass is 10.0. The molecule has 50 heavy (non-hydrogen) atoms. The van der Waals surface area contributed by atoms with Gasteiger partial charge < -0.3 is 29.6 Å². The average Bonchev–Trinajstić information content (AvgIpc) is 3.92. The predicted molar refractivity (Wildman–Crippen MR) is 199 cm³/mol. The van der Waals surface area contributed by atoms with Crippen LogP contribution < -0.4 is 24.7 Å². The molecule has 14 heteroatoms. The highest BCUT2D eigenvalue weighted by atomic mass is 32.1. The van der Waals surface area contributed by atoms with Crippen LogP contribution in [0.25, 0.3) is 31.0 Å². The molecule has 0 radical (unpaired) electrons. The number of nitriles is 1. The van der Waals surface area contributed by atoms with Crippen molar-refractivity contribution in [3.8, 4) is 39.6 Å². The van der Waals surface area contributed by atoms with Gasteiger partial charge in [-0.05, 0) is 39.7 Å². The van der Waals surface area contributed by atoms with E-state index in [0.29, 0.717) is 24.3 Å². The van der Waals surface area contributed by atoms with E-state index < -0.39 is 0 Å². The number of aromatic nitrogens is 2. The molecule has 0 aliphatic carbocycles. The number of nitrogens with zero attached hydrogens (tertiary/aromatic N) is 5. The quantitative estimate of drug-likeness (QED) is 0.200. The third kappa shape index (κ3) is 7.24. The summed E-state index contributed by atoms with van der Waals surface area (Å²) in [5.41, 5.74) is 10.8. The van der Waals surface area contributed by atoms with E-state index in [4.69, 9.17) is 34.9 Å². The van der Waals surface area contributed by atoms with Crippen molar-refractivity contribution in [1.82, 2.24) is 19.8 Å². The Morgan fingerprint density at radius 3 is 1.96 bits per heavy atom. The number of ether oxygens (including phenoxy) is 4. The molecule has 7 heterocycles. The molecular weight excluding hydrogens is 693 g/mol. The van der Waals surface area contributed by atoms with Gasteiger partial charge in [0.2, 0.25) is 13.6 Å². The Labute approximate surface area is 303 Å². The first kappa shape index (κ1) is 34.4. The highest BCUT2D eigenvalue weighted by molar-refractivity contribution is 7.22. The van der Waals surface area contributed by atoms with Crippen LogP contribution in [-0.2, 0) is 24.2 Å². The van der Waals surface area contributed by atoms with Gasteiger partial charge in [0.1, 0.15) is 15.8 Å². The maximum atomic E-state index is 10.8. The highest BCUT2D eigenvalue weighted by Crippen LogP contribution is 2.46. The summed E-state index contributed by atoms with van der Waals surface area (Å²) < 4.78 is 23.6. The van der Waals surface area contributed by atoms with Gasteiger partial charge in [0.05, 0.1) is 37.9 Å². The number of carbonyl (C=O) groups excluding carboxylic acids is 1. The summed E-state index contributed by atoms with van der Waals surface area (Å²) in [5, 5.41) is 11.3. The molecule has 262 valence electrons. The van der Waals surface area contributed by atoms with Crippen molar-refractivity contribution in [2.45, 2.75) is 72.0 Å². The highest BCUT2D eigenvalue weighted by Gasteiger charge is 2.27. The summed E-state index contributed by atoms with van der Waals surface area (Å²) >= 11 is 4.92. The normalized spacial score (nSPS) is 16.7. The van der Waals surface area contributed by atoms with Crippen LogP contribution in [0.3, 0.4) is 0 Å². The van der Waals surface area contributed by atoms with Gasteiger partial charge in [-0.2, -0.15) is 5.26 Å². The lowest BCUT2D eigenvalue weighted by Gasteiger charge is -2.30. The van der Waals surface area contributed by atoms with Crippen LogP contribution >= 0.6 is 34.0 Å². The molecule has 0 bridgehead atoms. The summed E-state index contributed by atoms with van der Waals surface area (Å²) in [7, 11) is 0. The molecule has 4 aliphatic heterocycles. The number of thiazole rings is 2. The van der Waals surface area contributed by atoms with Crippen LogP contribution in [0.4, 0.5) is 5.00 Å². The number of hydrogen-bond donors (Lipinski definition) is 1. The zero-order valence-electron chi connectivity index (χ0n) is 28.6. The van der Waals surface area contributed by atoms with Crippen molar-refractivity contribution >= 4 is 65.2 Å². The minimum Gasteiger partial charge on any atom is -0.454 e. The van der Waals surface area contributed by atoms with Crippen molar-refractivity contribution in [1.29, 1.82) is 5.26 Å². The number of nitrogens with two attached hydrogens (primary N) is 1. The Balaban J connectivity index is 0.000000133. The topological polar surface area (TPSA) is 136 Å². The van der Waals surface area contributed by atoms with E-state index in [-0.39, 0.29) is 13.6 Å². The van der Waals surface area contributed by atoms with Crippen LogP contribution in [-0.4, -0.2) is 70.9 Å². The molecular formula is C36H40N6O5S3. The zero-order chi connectivity index (χ0) is 34.9. The van der Waals surface area contributed by atoms with E-state index in [2.05, 4.69) is 48.5 Å². The predicted octanol–water partition coefficient (Wildman–Crippen LogP) is 7.25. The minimum atomic E-state index is 0.275. The largest absolute Gasteiger partial charge is 0.454 e. The van der Waals surface area contributed by atoms with Crippen LogP contribution in [0, 0.1) is 11.3 Å². The second-order valence-corrected chi connectivity index (χ2v) is 16.3. The lowest BCUT2D eigenvalue weighted by molar-refractivity contribution is -0.121. The number of benzene rings is 2. The molecule has 0 saturated carbocycles. The van der Waals surface area contributed by atoms with E-state index >= 15 is 0 Å². The van der Waals surface area contributed by atoms with Crippen LogP contribution in [0.2, 0.25) is 0 Å². The number of nitrogen functional groups attached to an aromatic ring is 1. The summed E-state index contributed by atoms with van der Waals surface area (Å²) in [6, 6.07) is 11.0. The number of hydrogen-bond acceptors (Lipinski definition) is 14. The maximum Gasteiger partial charge on any atom is 0.231 e. The van der Waals surface area contributed by atoms with E-state index in [9.17, 15) is 4.79 Å². The number of carbonyl (C=O) groups is 1. The molecule has 3 aromatic heterocycles. The van der Waals surface area contributed by atoms with Crippen LogP contribution in [0.1, 0.15) is 56.0 Å². The monoisotopic (exact) mass is 732 g/mol. The molecule has 0 spiro atoms. The summed E-state index contributed by atoms with van der Waals surface area (Å²) in [5.74, 6) is 3.50. The van der Waals surface area contributed by atoms with Gasteiger partial charge >= 0.3 is 0 Å². The third-order valence-electron chi connectivity index (χ3n) is 9.18. The van der Waals surface area contributed by atoms with Crippen molar-refractivity contribution in [2.75, 3.05) is 39.0 Å². The Hall–Kier alpha value is -4.00. The van der Waals surface area contributed by atoms with Crippen LogP contribution in [0.5, 0.6) is 23.0 Å². The van der Waals surface area contributed by atoms with E-state index in [1.165, 1.54) is 21.8 Å². The van der Waals surface area contributed by atoms with Gasteiger partial charge in [-0.25, -0.2) is 9.97 Å². The summed E-state index contributed by atoms with van der Waals surface area (Å²) in [6.07, 6.45) is 2.91. The first-order valence-corrected chi connectivity index (χ1v) is 19.3. The standard InChI is InChI=1S/C18H19N3O2S2.C10H6N2O2S.C8H15NO/c1-9(2)21-4-3-10-15(7-21)24-17(19)16(10)18-20-11-5-12-13(23-8-22-12)6-14(11)25-18;11-2-1-10-12-6-3-7-8(14-5-13-7)4-9(6)15-10;1-7(2)9-5-3-8(10)4-6-9/h5-6,9H,3-4,7-8,19H2,1-2H3;3-4H,1,5H2;7H,3-6H2,1-2H3. The van der Waals surface area contributed by atoms with Crippen molar-refractivity contribution in [2.24, 2.45) is 0 Å². The van der Waals surface area contributed by atoms with Crippen molar-refractivity contribution in [3.63, 3.8) is 0 Å². The Morgan fingerprint density at radius 1 is 0.800 bits per heavy atom. The molecule has 1 fully saturated rings. The molecule has 1 saturated heterocycles. The number of thiophene rings is 1. The minimum absolute atomic E-state index is 0.275. The number of Topliss-reactive ketones (excluding diaryl/α,β-unsaturated/α-hetero) is 1. The molecule has 0 unspecified atom stereocenters. The zero-order valence-corrected chi connectivity index (χ0v) is 31.1. The lowest BCUT2D eigenvalue weighted by Crippen LogP contribution is -2.38. The fraction of sp³-hybridized carbons (Fsp3) is 0.444. The number of anilines is 1. The molecule has 4 aliphatic rings. The number of rotatable bonds is 4. The third-order valence-corrected chi connectivity index (χ3v) is 12.3. The first-order valence-electron chi connectivity index (χ1n) is 16.8. The Kier molecular flexibility index (Phi) is 10.1. The Bertz CT molecular complexity index is 1990.